The van der Waals surface area contributed by atoms with Gasteiger partial charge in [-0.3, -0.25) is 4.90 Å². The summed E-state index contributed by atoms with van der Waals surface area (Å²) in [6.45, 7) is 5.28. The van der Waals surface area contributed by atoms with Crippen molar-refractivity contribution in [2.24, 2.45) is 0 Å². The molecular formula is C15H23N3O4. The van der Waals surface area contributed by atoms with Gasteiger partial charge in [0, 0.05) is 25.9 Å². The molecule has 0 fully saturated rings. The van der Waals surface area contributed by atoms with Crippen LogP contribution in [0.2, 0.25) is 0 Å². The highest BCUT2D eigenvalue weighted by Gasteiger charge is 2.34. The van der Waals surface area contributed by atoms with Crippen LogP contribution in [0.25, 0.3) is 0 Å². The van der Waals surface area contributed by atoms with Gasteiger partial charge in [0.25, 0.3) is 0 Å². The topological polar surface area (TPSA) is 80.8 Å². The number of pyridine rings is 1. The van der Waals surface area contributed by atoms with Crippen LogP contribution in [0.1, 0.15) is 32.4 Å². The van der Waals surface area contributed by atoms with Gasteiger partial charge in [0.05, 0.1) is 7.11 Å². The molecule has 122 valence electrons. The van der Waals surface area contributed by atoms with Crippen molar-refractivity contribution in [3.63, 3.8) is 0 Å². The van der Waals surface area contributed by atoms with Gasteiger partial charge in [0.15, 0.2) is 6.04 Å². The van der Waals surface area contributed by atoms with Crippen molar-refractivity contribution in [2.45, 2.75) is 32.4 Å². The monoisotopic (exact) mass is 309 g/mol. The van der Waals surface area contributed by atoms with Gasteiger partial charge in [-0.15, -0.1) is 0 Å². The number of amides is 1. The highest BCUT2D eigenvalue weighted by molar-refractivity contribution is 5.84. The molecule has 1 amide bonds. The molecule has 0 aliphatic carbocycles. The summed E-state index contributed by atoms with van der Waals surface area (Å²) in [4.78, 5) is 29.8. The van der Waals surface area contributed by atoms with E-state index in [-0.39, 0.29) is 0 Å². The van der Waals surface area contributed by atoms with Crippen LogP contribution >= 0.6 is 0 Å². The second-order valence-electron chi connectivity index (χ2n) is 5.71. The van der Waals surface area contributed by atoms with Crippen molar-refractivity contribution in [2.75, 3.05) is 26.5 Å². The number of aromatic nitrogens is 1. The minimum atomic E-state index is -0.948. The fourth-order valence-corrected chi connectivity index (χ4v) is 1.89. The lowest BCUT2D eigenvalue weighted by atomic mass is 10.1. The summed E-state index contributed by atoms with van der Waals surface area (Å²) in [5.41, 5.74) is -0.127. The number of rotatable bonds is 4. The van der Waals surface area contributed by atoms with Gasteiger partial charge in [-0.1, -0.05) is 6.07 Å². The Morgan fingerprint density at radius 1 is 1.36 bits per heavy atom. The van der Waals surface area contributed by atoms with Crippen molar-refractivity contribution in [1.29, 1.82) is 0 Å². The van der Waals surface area contributed by atoms with E-state index in [9.17, 15) is 9.59 Å². The molecule has 0 saturated heterocycles. The SMILES string of the molecule is CNc1ncccc1C(C(=O)OC)N(C)C(=O)OC(C)(C)C. The molecule has 0 saturated carbocycles. The van der Waals surface area contributed by atoms with Crippen molar-refractivity contribution in [1.82, 2.24) is 9.88 Å². The molecule has 1 aromatic heterocycles. The molecule has 7 heteroatoms. The second-order valence-corrected chi connectivity index (χ2v) is 5.71. The zero-order chi connectivity index (χ0) is 16.9. The van der Waals surface area contributed by atoms with Crippen LogP contribution in [0.3, 0.4) is 0 Å². The highest BCUT2D eigenvalue weighted by atomic mass is 16.6. The van der Waals surface area contributed by atoms with Gasteiger partial charge < -0.3 is 14.8 Å². The zero-order valence-electron chi connectivity index (χ0n) is 13.8. The van der Waals surface area contributed by atoms with Gasteiger partial charge in [0.2, 0.25) is 0 Å². The standard InChI is InChI=1S/C15H23N3O4/c1-15(2,3)22-14(20)18(5)11(13(19)21-6)10-8-7-9-17-12(10)16-4/h7-9,11H,1-6H3,(H,16,17). The maximum Gasteiger partial charge on any atom is 0.411 e. The van der Waals surface area contributed by atoms with Crippen LogP contribution in [0.15, 0.2) is 18.3 Å². The van der Waals surface area contributed by atoms with Crippen molar-refractivity contribution in [3.8, 4) is 0 Å². The number of ether oxygens (including phenoxy) is 2. The van der Waals surface area contributed by atoms with Crippen LogP contribution in [-0.2, 0) is 14.3 Å². The minimum absolute atomic E-state index is 0.494. The smallest absolute Gasteiger partial charge is 0.411 e. The Labute approximate surface area is 130 Å². The zero-order valence-corrected chi connectivity index (χ0v) is 13.8. The summed E-state index contributed by atoms with van der Waals surface area (Å²) in [6, 6.07) is 2.45. The quantitative estimate of drug-likeness (QED) is 0.859. The Hall–Kier alpha value is -2.31. The van der Waals surface area contributed by atoms with Crippen molar-refractivity contribution in [3.05, 3.63) is 23.9 Å². The number of esters is 1. The number of carbonyl (C=O) groups is 2. The Kier molecular flexibility index (Phi) is 5.73. The second kappa shape index (κ2) is 7.11. The third kappa shape index (κ3) is 4.34. The summed E-state index contributed by atoms with van der Waals surface area (Å²) in [5, 5.41) is 2.90. The average Bonchev–Trinajstić information content (AvgIpc) is 2.45. The first-order valence-electron chi connectivity index (χ1n) is 6.87. The fourth-order valence-electron chi connectivity index (χ4n) is 1.89. The predicted molar refractivity (Wildman–Crippen MR) is 82.5 cm³/mol. The molecule has 1 unspecified atom stereocenters. The molecule has 1 N–H and O–H groups in total. The number of anilines is 1. The van der Waals surface area contributed by atoms with E-state index in [2.05, 4.69) is 10.3 Å². The van der Waals surface area contributed by atoms with E-state index >= 15 is 0 Å². The number of likely N-dealkylation sites (N-methyl/N-ethyl adjacent to an activating group) is 1. The molecule has 0 aliphatic rings. The molecule has 1 heterocycles. The van der Waals surface area contributed by atoms with Crippen LogP contribution < -0.4 is 5.32 Å². The van der Waals surface area contributed by atoms with Gasteiger partial charge in [-0.25, -0.2) is 14.6 Å². The molecule has 0 bridgehead atoms. The molecule has 0 radical (unpaired) electrons. The Balaban J connectivity index is 3.18. The van der Waals surface area contributed by atoms with E-state index in [0.717, 1.165) is 0 Å². The number of methoxy groups -OCH3 is 1. The van der Waals surface area contributed by atoms with E-state index in [0.29, 0.717) is 11.4 Å². The first-order chi connectivity index (χ1) is 10.2. The largest absolute Gasteiger partial charge is 0.467 e. The van der Waals surface area contributed by atoms with Crippen LogP contribution in [0.5, 0.6) is 0 Å². The van der Waals surface area contributed by atoms with E-state index in [1.807, 2.05) is 0 Å². The third-order valence-electron chi connectivity index (χ3n) is 2.86. The van der Waals surface area contributed by atoms with E-state index in [1.165, 1.54) is 19.1 Å². The molecule has 0 spiro atoms. The third-order valence-corrected chi connectivity index (χ3v) is 2.86. The lowest BCUT2D eigenvalue weighted by Crippen LogP contribution is -2.40. The minimum Gasteiger partial charge on any atom is -0.467 e. The summed E-state index contributed by atoms with van der Waals surface area (Å²) in [7, 11) is 4.45. The average molecular weight is 309 g/mol. The number of carbonyl (C=O) groups excluding carboxylic acids is 2. The maximum absolute atomic E-state index is 12.2. The predicted octanol–water partition coefficient (Wildman–Crippen LogP) is 2.20. The molecular weight excluding hydrogens is 286 g/mol. The molecule has 7 nitrogen and oxygen atoms in total. The lowest BCUT2D eigenvalue weighted by molar-refractivity contribution is -0.146. The molecule has 0 aromatic carbocycles. The first kappa shape index (κ1) is 17.7. The molecule has 1 aromatic rings. The van der Waals surface area contributed by atoms with E-state index in [4.69, 9.17) is 9.47 Å². The summed E-state index contributed by atoms with van der Waals surface area (Å²) in [5.74, 6) is -0.0776. The van der Waals surface area contributed by atoms with E-state index < -0.39 is 23.7 Å². The summed E-state index contributed by atoms with van der Waals surface area (Å²) < 4.78 is 10.1. The molecule has 22 heavy (non-hydrogen) atoms. The molecule has 0 aliphatic heterocycles. The molecule has 1 rings (SSSR count). The van der Waals surface area contributed by atoms with Crippen molar-refractivity contribution >= 4 is 17.9 Å². The number of hydrogen-bond donors (Lipinski definition) is 1. The molecule has 1 atom stereocenters. The number of nitrogens with one attached hydrogen (secondary N) is 1. The highest BCUT2D eigenvalue weighted by Crippen LogP contribution is 2.27. The summed E-state index contributed by atoms with van der Waals surface area (Å²) >= 11 is 0. The van der Waals surface area contributed by atoms with Gasteiger partial charge in [-0.05, 0) is 26.8 Å². The van der Waals surface area contributed by atoms with Crippen LogP contribution in [-0.4, -0.2) is 48.8 Å². The van der Waals surface area contributed by atoms with Gasteiger partial charge >= 0.3 is 12.1 Å². The Bertz CT molecular complexity index is 540. The van der Waals surface area contributed by atoms with Gasteiger partial charge in [0.1, 0.15) is 11.4 Å². The Morgan fingerprint density at radius 2 is 2.00 bits per heavy atom. The van der Waals surface area contributed by atoms with Gasteiger partial charge in [-0.2, -0.15) is 0 Å². The van der Waals surface area contributed by atoms with Crippen LogP contribution in [0, 0.1) is 0 Å². The van der Waals surface area contributed by atoms with Crippen LogP contribution in [0.4, 0.5) is 10.6 Å². The lowest BCUT2D eigenvalue weighted by Gasteiger charge is -2.30. The maximum atomic E-state index is 12.2. The number of nitrogens with zero attached hydrogens (tertiary/aromatic N) is 2. The normalized spacial score (nSPS) is 12.3. The summed E-state index contributed by atoms with van der Waals surface area (Å²) in [6.07, 6.45) is 0.978. The Morgan fingerprint density at radius 3 is 2.50 bits per heavy atom. The van der Waals surface area contributed by atoms with E-state index in [1.54, 1.807) is 46.1 Å². The van der Waals surface area contributed by atoms with Crippen molar-refractivity contribution < 1.29 is 19.1 Å². The fraction of sp³-hybridized carbons (Fsp3) is 0.533. The first-order valence-corrected chi connectivity index (χ1v) is 6.87. The number of hydrogen-bond acceptors (Lipinski definition) is 6.